The van der Waals surface area contributed by atoms with Crippen molar-refractivity contribution in [3.05, 3.63) is 47.9 Å². The van der Waals surface area contributed by atoms with Gasteiger partial charge in [0, 0.05) is 19.2 Å². The first kappa shape index (κ1) is 15.3. The number of pyridine rings is 1. The number of hydrogen-bond donors (Lipinski definition) is 0. The van der Waals surface area contributed by atoms with Gasteiger partial charge in [0.25, 0.3) is 11.8 Å². The fourth-order valence-corrected chi connectivity index (χ4v) is 2.53. The van der Waals surface area contributed by atoms with E-state index in [0.717, 1.165) is 0 Å². The molecule has 0 aromatic carbocycles. The van der Waals surface area contributed by atoms with Gasteiger partial charge < -0.3 is 9.64 Å². The summed E-state index contributed by atoms with van der Waals surface area (Å²) in [6.07, 6.45) is 3.70. The van der Waals surface area contributed by atoms with Crippen molar-refractivity contribution in [2.24, 2.45) is 0 Å². The largest absolute Gasteiger partial charge is 0.470 e. The SMILES string of the molecule is CCc1ncnc(O[C@@H]2CCN(C(=O)c3ccccn3)C2)c1F. The van der Waals surface area contributed by atoms with Gasteiger partial charge in [-0.2, -0.15) is 9.37 Å². The van der Waals surface area contributed by atoms with Crippen LogP contribution in [0.15, 0.2) is 30.7 Å². The minimum Gasteiger partial charge on any atom is -0.470 e. The molecule has 0 spiro atoms. The van der Waals surface area contributed by atoms with E-state index in [0.29, 0.717) is 37.3 Å². The third kappa shape index (κ3) is 3.28. The number of hydrogen-bond acceptors (Lipinski definition) is 5. The van der Waals surface area contributed by atoms with Crippen molar-refractivity contribution in [1.82, 2.24) is 19.9 Å². The Kier molecular flexibility index (Phi) is 4.45. The second-order valence-electron chi connectivity index (χ2n) is 5.29. The van der Waals surface area contributed by atoms with E-state index in [2.05, 4.69) is 15.0 Å². The first-order valence-electron chi connectivity index (χ1n) is 7.55. The molecule has 3 heterocycles. The van der Waals surface area contributed by atoms with Crippen molar-refractivity contribution >= 4 is 5.91 Å². The van der Waals surface area contributed by atoms with E-state index >= 15 is 0 Å². The Morgan fingerprint density at radius 3 is 3.00 bits per heavy atom. The van der Waals surface area contributed by atoms with E-state index in [4.69, 9.17) is 4.74 Å². The van der Waals surface area contributed by atoms with Crippen LogP contribution in [0.4, 0.5) is 4.39 Å². The van der Waals surface area contributed by atoms with E-state index in [-0.39, 0.29) is 17.9 Å². The second-order valence-corrected chi connectivity index (χ2v) is 5.29. The maximum absolute atomic E-state index is 14.1. The molecule has 1 saturated heterocycles. The molecule has 0 aliphatic carbocycles. The van der Waals surface area contributed by atoms with E-state index < -0.39 is 5.82 Å². The predicted molar refractivity (Wildman–Crippen MR) is 80.5 cm³/mol. The summed E-state index contributed by atoms with van der Waals surface area (Å²) in [6, 6.07) is 5.21. The molecule has 2 aromatic heterocycles. The first-order chi connectivity index (χ1) is 11.2. The van der Waals surface area contributed by atoms with Crippen LogP contribution >= 0.6 is 0 Å². The molecule has 1 aliphatic heterocycles. The maximum Gasteiger partial charge on any atom is 0.272 e. The number of rotatable bonds is 4. The highest BCUT2D eigenvalue weighted by molar-refractivity contribution is 5.92. The summed E-state index contributed by atoms with van der Waals surface area (Å²) < 4.78 is 19.7. The van der Waals surface area contributed by atoms with Crippen molar-refractivity contribution in [2.75, 3.05) is 13.1 Å². The zero-order chi connectivity index (χ0) is 16.2. The lowest BCUT2D eigenvalue weighted by molar-refractivity contribution is 0.0764. The normalized spacial score (nSPS) is 17.3. The van der Waals surface area contributed by atoms with Crippen LogP contribution in [0, 0.1) is 5.82 Å². The first-order valence-corrected chi connectivity index (χ1v) is 7.55. The molecule has 6 nitrogen and oxygen atoms in total. The minimum atomic E-state index is -0.524. The number of carbonyl (C=O) groups excluding carboxylic acids is 1. The van der Waals surface area contributed by atoms with Crippen LogP contribution in [-0.2, 0) is 6.42 Å². The van der Waals surface area contributed by atoms with Crippen LogP contribution in [0.25, 0.3) is 0 Å². The number of halogens is 1. The van der Waals surface area contributed by atoms with Gasteiger partial charge in [-0.1, -0.05) is 13.0 Å². The zero-order valence-electron chi connectivity index (χ0n) is 12.8. The highest BCUT2D eigenvalue weighted by Gasteiger charge is 2.30. The van der Waals surface area contributed by atoms with Crippen molar-refractivity contribution in [1.29, 1.82) is 0 Å². The second kappa shape index (κ2) is 6.68. The Morgan fingerprint density at radius 1 is 1.39 bits per heavy atom. The number of nitrogens with zero attached hydrogens (tertiary/aromatic N) is 4. The van der Waals surface area contributed by atoms with Crippen LogP contribution < -0.4 is 4.74 Å². The molecule has 3 rings (SSSR count). The molecule has 1 fully saturated rings. The fourth-order valence-electron chi connectivity index (χ4n) is 2.53. The van der Waals surface area contributed by atoms with Gasteiger partial charge in [0.15, 0.2) is 0 Å². The molecule has 1 aliphatic rings. The number of aromatic nitrogens is 3. The Labute approximate surface area is 133 Å². The summed E-state index contributed by atoms with van der Waals surface area (Å²) in [4.78, 5) is 25.8. The lowest BCUT2D eigenvalue weighted by Gasteiger charge is -2.16. The van der Waals surface area contributed by atoms with Crippen molar-refractivity contribution < 1.29 is 13.9 Å². The average Bonchev–Trinajstić information content (AvgIpc) is 3.05. The molecule has 0 bridgehead atoms. The van der Waals surface area contributed by atoms with E-state index in [1.165, 1.54) is 6.33 Å². The quantitative estimate of drug-likeness (QED) is 0.861. The molecule has 120 valence electrons. The molecular weight excluding hydrogens is 299 g/mol. The fraction of sp³-hybridized carbons (Fsp3) is 0.375. The number of ether oxygens (including phenoxy) is 1. The molecule has 1 atom stereocenters. The maximum atomic E-state index is 14.1. The molecular formula is C16H17FN4O2. The molecule has 1 amide bonds. The highest BCUT2D eigenvalue weighted by Crippen LogP contribution is 2.21. The molecule has 0 radical (unpaired) electrons. The summed E-state index contributed by atoms with van der Waals surface area (Å²) in [6.45, 7) is 2.76. The molecule has 2 aromatic rings. The van der Waals surface area contributed by atoms with Crippen molar-refractivity contribution in [3.63, 3.8) is 0 Å². The van der Waals surface area contributed by atoms with Gasteiger partial charge >= 0.3 is 0 Å². The standard InChI is InChI=1S/C16H17FN4O2/c1-2-12-14(17)15(20-10-19-12)23-11-6-8-21(9-11)16(22)13-5-3-4-7-18-13/h3-5,7,10-11H,2,6,8-9H2,1H3/t11-/m1/s1. The van der Waals surface area contributed by atoms with E-state index in [9.17, 15) is 9.18 Å². The number of amides is 1. The highest BCUT2D eigenvalue weighted by atomic mass is 19.1. The summed E-state index contributed by atoms with van der Waals surface area (Å²) in [7, 11) is 0. The van der Waals surface area contributed by atoms with E-state index in [1.54, 1.807) is 29.3 Å². The van der Waals surface area contributed by atoms with Gasteiger partial charge in [-0.15, -0.1) is 0 Å². The summed E-state index contributed by atoms with van der Waals surface area (Å²) >= 11 is 0. The van der Waals surface area contributed by atoms with Gasteiger partial charge in [0.1, 0.15) is 18.1 Å². The predicted octanol–water partition coefficient (Wildman–Crippen LogP) is 1.87. The van der Waals surface area contributed by atoms with Gasteiger partial charge in [0.05, 0.1) is 12.2 Å². The number of likely N-dealkylation sites (tertiary alicyclic amines) is 1. The van der Waals surface area contributed by atoms with Crippen LogP contribution in [0.2, 0.25) is 0 Å². The van der Waals surface area contributed by atoms with Crippen molar-refractivity contribution in [3.8, 4) is 5.88 Å². The van der Waals surface area contributed by atoms with Gasteiger partial charge in [0.2, 0.25) is 5.82 Å². The Bertz CT molecular complexity index is 696. The smallest absolute Gasteiger partial charge is 0.272 e. The summed E-state index contributed by atoms with van der Waals surface area (Å²) in [5.74, 6) is -0.715. The third-order valence-electron chi connectivity index (χ3n) is 3.76. The molecule has 0 saturated carbocycles. The molecule has 7 heteroatoms. The Balaban J connectivity index is 1.66. The molecule has 0 N–H and O–H groups in total. The van der Waals surface area contributed by atoms with E-state index in [1.807, 2.05) is 6.92 Å². The Morgan fingerprint density at radius 2 is 2.26 bits per heavy atom. The topological polar surface area (TPSA) is 68.2 Å². The van der Waals surface area contributed by atoms with Gasteiger partial charge in [-0.25, -0.2) is 4.98 Å². The minimum absolute atomic E-state index is 0.0472. The number of aryl methyl sites for hydroxylation is 1. The van der Waals surface area contributed by atoms with Crippen LogP contribution in [0.3, 0.4) is 0 Å². The molecule has 0 unspecified atom stereocenters. The monoisotopic (exact) mass is 316 g/mol. The summed E-state index contributed by atoms with van der Waals surface area (Å²) in [5, 5.41) is 0. The molecule has 23 heavy (non-hydrogen) atoms. The summed E-state index contributed by atoms with van der Waals surface area (Å²) in [5.41, 5.74) is 0.726. The van der Waals surface area contributed by atoms with Crippen molar-refractivity contribution in [2.45, 2.75) is 25.9 Å². The zero-order valence-corrected chi connectivity index (χ0v) is 12.8. The lowest BCUT2D eigenvalue weighted by Crippen LogP contribution is -2.31. The average molecular weight is 316 g/mol. The third-order valence-corrected chi connectivity index (χ3v) is 3.76. The van der Waals surface area contributed by atoms with Crippen LogP contribution in [0.5, 0.6) is 5.88 Å². The van der Waals surface area contributed by atoms with Crippen LogP contribution in [0.1, 0.15) is 29.5 Å². The van der Waals surface area contributed by atoms with Crippen LogP contribution in [-0.4, -0.2) is 45.0 Å². The lowest BCUT2D eigenvalue weighted by atomic mass is 10.3. The van der Waals surface area contributed by atoms with Gasteiger partial charge in [-0.3, -0.25) is 9.78 Å². The Hall–Kier alpha value is -2.57. The number of carbonyl (C=O) groups is 1. The van der Waals surface area contributed by atoms with Gasteiger partial charge in [-0.05, 0) is 18.6 Å².